The van der Waals surface area contributed by atoms with Crippen molar-refractivity contribution in [3.05, 3.63) is 56.8 Å². The lowest BCUT2D eigenvalue weighted by molar-refractivity contribution is -0.147. The highest BCUT2D eigenvalue weighted by molar-refractivity contribution is 5.66. The number of nitrogens with zero attached hydrogens (tertiary/aromatic N) is 3. The van der Waals surface area contributed by atoms with Crippen LogP contribution < -0.4 is 17.1 Å². The maximum absolute atomic E-state index is 12.4. The second-order valence-corrected chi connectivity index (χ2v) is 4.90. The van der Waals surface area contributed by atoms with Gasteiger partial charge in [-0.15, -0.1) is 13.2 Å². The molecule has 1 rings (SSSR count). The Morgan fingerprint density at radius 2 is 1.48 bits per heavy atom. The Balaban J connectivity index is 3.51. The van der Waals surface area contributed by atoms with E-state index in [2.05, 4.69) is 13.2 Å². The summed E-state index contributed by atoms with van der Waals surface area (Å²) in [5.41, 5.74) is -2.24. The van der Waals surface area contributed by atoms with Gasteiger partial charge in [-0.05, 0) is 6.42 Å². The van der Waals surface area contributed by atoms with Crippen LogP contribution in [0.2, 0.25) is 0 Å². The minimum Gasteiger partial charge on any atom is -0.461 e. The lowest BCUT2D eigenvalue weighted by Gasteiger charge is -2.17. The third-order valence-corrected chi connectivity index (χ3v) is 3.18. The molecule has 0 amide bonds. The van der Waals surface area contributed by atoms with E-state index in [9.17, 15) is 19.2 Å². The van der Waals surface area contributed by atoms with Crippen molar-refractivity contribution in [2.75, 3.05) is 0 Å². The number of ether oxygens (including phenoxy) is 1. The number of carbonyl (C=O) groups excluding carboxylic acids is 1. The normalized spacial score (nSPS) is 11.7. The summed E-state index contributed by atoms with van der Waals surface area (Å²) < 4.78 is 7.77. The lowest BCUT2D eigenvalue weighted by atomic mass is 10.3. The van der Waals surface area contributed by atoms with Gasteiger partial charge in [0.1, 0.15) is 6.10 Å². The zero-order valence-corrected chi connectivity index (χ0v) is 13.4. The van der Waals surface area contributed by atoms with Crippen molar-refractivity contribution in [3.8, 4) is 0 Å². The summed E-state index contributed by atoms with van der Waals surface area (Å²) in [7, 11) is 0. The molecular formula is C15H21N3O5. The van der Waals surface area contributed by atoms with Crippen molar-refractivity contribution in [2.45, 2.75) is 46.0 Å². The topological polar surface area (TPSA) is 92.3 Å². The van der Waals surface area contributed by atoms with E-state index in [1.54, 1.807) is 6.92 Å². The van der Waals surface area contributed by atoms with Crippen molar-refractivity contribution in [2.24, 2.45) is 0 Å². The molecule has 8 heteroatoms. The number of esters is 1. The van der Waals surface area contributed by atoms with Gasteiger partial charge in [-0.25, -0.2) is 28.1 Å². The predicted molar refractivity (Wildman–Crippen MR) is 85.5 cm³/mol. The maximum Gasteiger partial charge on any atom is 0.336 e. The number of allylic oxidation sites excluding steroid dienone is 2. The average Bonchev–Trinajstić information content (AvgIpc) is 2.50. The first-order chi connectivity index (χ1) is 10.9. The van der Waals surface area contributed by atoms with Gasteiger partial charge in [0.15, 0.2) is 0 Å². The fourth-order valence-corrected chi connectivity index (χ4v) is 2.10. The smallest absolute Gasteiger partial charge is 0.336 e. The first-order valence-corrected chi connectivity index (χ1v) is 7.20. The number of rotatable bonds is 8. The third-order valence-electron chi connectivity index (χ3n) is 3.18. The van der Waals surface area contributed by atoms with E-state index >= 15 is 0 Å². The summed E-state index contributed by atoms with van der Waals surface area (Å²) in [6.45, 7) is 9.83. The second kappa shape index (κ2) is 8.11. The number of aromatic nitrogens is 3. The molecule has 0 fully saturated rings. The molecule has 8 nitrogen and oxygen atoms in total. The van der Waals surface area contributed by atoms with E-state index < -0.39 is 29.1 Å². The third kappa shape index (κ3) is 4.18. The Morgan fingerprint density at radius 1 is 1.04 bits per heavy atom. The van der Waals surface area contributed by atoms with Crippen LogP contribution in [0.1, 0.15) is 20.3 Å². The molecule has 0 bridgehead atoms. The van der Waals surface area contributed by atoms with Crippen LogP contribution in [0.3, 0.4) is 0 Å². The molecule has 0 aliphatic rings. The molecule has 1 atom stereocenters. The van der Waals surface area contributed by atoms with Gasteiger partial charge < -0.3 is 4.74 Å². The van der Waals surface area contributed by atoms with Crippen LogP contribution in [0, 0.1) is 0 Å². The van der Waals surface area contributed by atoms with Crippen LogP contribution in [-0.2, 0) is 29.2 Å². The molecule has 1 aromatic rings. The average molecular weight is 323 g/mol. The van der Waals surface area contributed by atoms with Crippen LogP contribution >= 0.6 is 0 Å². The zero-order valence-electron chi connectivity index (χ0n) is 13.4. The zero-order chi connectivity index (χ0) is 17.6. The van der Waals surface area contributed by atoms with Crippen molar-refractivity contribution >= 4 is 5.97 Å². The molecule has 23 heavy (non-hydrogen) atoms. The van der Waals surface area contributed by atoms with E-state index in [1.807, 2.05) is 0 Å². The number of hydrogen-bond acceptors (Lipinski definition) is 5. The molecule has 0 aliphatic heterocycles. The highest BCUT2D eigenvalue weighted by Gasteiger charge is 2.18. The van der Waals surface area contributed by atoms with Crippen LogP contribution in [0.15, 0.2) is 39.7 Å². The van der Waals surface area contributed by atoms with E-state index in [0.717, 1.165) is 13.7 Å². The minimum absolute atomic E-state index is 0.0283. The molecule has 0 saturated carbocycles. The van der Waals surface area contributed by atoms with Crippen molar-refractivity contribution in [1.29, 1.82) is 0 Å². The lowest BCUT2D eigenvalue weighted by Crippen LogP contribution is -2.55. The number of hydrogen-bond donors (Lipinski definition) is 0. The number of carbonyl (C=O) groups is 1. The second-order valence-electron chi connectivity index (χ2n) is 4.90. The highest BCUT2D eigenvalue weighted by Crippen LogP contribution is 2.00. The summed E-state index contributed by atoms with van der Waals surface area (Å²) in [4.78, 5) is 48.1. The molecule has 126 valence electrons. The summed E-state index contributed by atoms with van der Waals surface area (Å²) >= 11 is 0. The Bertz CT molecular complexity index is 721. The molecule has 0 spiro atoms. The molecular weight excluding hydrogens is 302 g/mol. The van der Waals surface area contributed by atoms with Gasteiger partial charge in [0.2, 0.25) is 0 Å². The molecule has 0 aliphatic carbocycles. The minimum atomic E-state index is -0.759. The molecule has 1 heterocycles. The standard InChI is InChI=1S/C15H21N3O5/c1-5-8-16-13(20)17(9-6-2)15(22)18(14(16)21)10-12(7-3)23-11(4)19/h5-6,12H,1-2,7-10H2,3-4H3. The Morgan fingerprint density at radius 3 is 1.83 bits per heavy atom. The van der Waals surface area contributed by atoms with Gasteiger partial charge in [-0.2, -0.15) is 0 Å². The van der Waals surface area contributed by atoms with Crippen molar-refractivity contribution < 1.29 is 9.53 Å². The largest absolute Gasteiger partial charge is 0.461 e. The molecule has 1 aromatic heterocycles. The monoisotopic (exact) mass is 323 g/mol. The fraction of sp³-hybridized carbons (Fsp3) is 0.467. The summed E-state index contributed by atoms with van der Waals surface area (Å²) in [5.74, 6) is -0.504. The van der Waals surface area contributed by atoms with E-state index in [-0.39, 0.29) is 19.6 Å². The van der Waals surface area contributed by atoms with E-state index in [0.29, 0.717) is 6.42 Å². The predicted octanol–water partition coefficient (Wildman–Crippen LogP) is -0.115. The van der Waals surface area contributed by atoms with Gasteiger partial charge >= 0.3 is 23.0 Å². The Hall–Kier alpha value is -2.64. The Labute approximate surface area is 132 Å². The molecule has 0 N–H and O–H groups in total. The maximum atomic E-state index is 12.4. The van der Waals surface area contributed by atoms with Gasteiger partial charge in [0.05, 0.1) is 19.6 Å². The quantitative estimate of drug-likeness (QED) is 0.491. The summed E-state index contributed by atoms with van der Waals surface area (Å²) in [6.07, 6.45) is 2.57. The molecule has 0 aromatic carbocycles. The highest BCUT2D eigenvalue weighted by atomic mass is 16.5. The summed E-state index contributed by atoms with van der Waals surface area (Å²) in [6, 6.07) is 0. The first-order valence-electron chi connectivity index (χ1n) is 7.20. The van der Waals surface area contributed by atoms with Crippen LogP contribution in [0.25, 0.3) is 0 Å². The van der Waals surface area contributed by atoms with Gasteiger partial charge in [0.25, 0.3) is 0 Å². The van der Waals surface area contributed by atoms with Gasteiger partial charge in [0, 0.05) is 6.92 Å². The van der Waals surface area contributed by atoms with Gasteiger partial charge in [-0.3, -0.25) is 4.79 Å². The Kier molecular flexibility index (Phi) is 6.49. The molecule has 0 radical (unpaired) electrons. The van der Waals surface area contributed by atoms with E-state index in [1.165, 1.54) is 19.1 Å². The van der Waals surface area contributed by atoms with Crippen LogP contribution in [0.5, 0.6) is 0 Å². The first kappa shape index (κ1) is 18.4. The molecule has 0 saturated heterocycles. The van der Waals surface area contributed by atoms with E-state index in [4.69, 9.17) is 4.74 Å². The summed E-state index contributed by atoms with van der Waals surface area (Å²) in [5, 5.41) is 0. The fourth-order valence-electron chi connectivity index (χ4n) is 2.10. The van der Waals surface area contributed by atoms with Crippen molar-refractivity contribution in [1.82, 2.24) is 13.7 Å². The van der Waals surface area contributed by atoms with Crippen molar-refractivity contribution in [3.63, 3.8) is 0 Å². The molecule has 1 unspecified atom stereocenters. The van der Waals surface area contributed by atoms with Gasteiger partial charge in [-0.1, -0.05) is 19.1 Å². The van der Waals surface area contributed by atoms with Crippen LogP contribution in [0.4, 0.5) is 0 Å². The SMILES string of the molecule is C=CCn1c(=O)n(CC=C)c(=O)n(CC(CC)OC(C)=O)c1=O. The van der Waals surface area contributed by atoms with Crippen LogP contribution in [-0.4, -0.2) is 25.8 Å².